The zero-order valence-corrected chi connectivity index (χ0v) is 12.1. The molecule has 2 rings (SSSR count). The van der Waals surface area contributed by atoms with E-state index in [4.69, 9.17) is 15.9 Å². The van der Waals surface area contributed by atoms with Crippen LogP contribution in [-0.2, 0) is 4.74 Å². The van der Waals surface area contributed by atoms with Crippen molar-refractivity contribution in [3.05, 3.63) is 60.2 Å². The Bertz CT molecular complexity index is 590. The van der Waals surface area contributed by atoms with E-state index in [1.54, 1.807) is 7.11 Å². The molecule has 1 atom stereocenters. The molecule has 0 unspecified atom stereocenters. The van der Waals surface area contributed by atoms with Crippen LogP contribution in [-0.4, -0.2) is 20.3 Å². The summed E-state index contributed by atoms with van der Waals surface area (Å²) >= 11 is 0. The minimum Gasteiger partial charge on any atom is -0.495 e. The smallest absolute Gasteiger partial charge is 0.141 e. The van der Waals surface area contributed by atoms with Gasteiger partial charge in [-0.05, 0) is 17.7 Å². The Morgan fingerprint density at radius 3 is 2.52 bits per heavy atom. The van der Waals surface area contributed by atoms with Gasteiger partial charge in [0, 0.05) is 0 Å². The maximum atomic E-state index is 5.51. The average molecular weight is 281 g/mol. The number of ether oxygens (including phenoxy) is 2. The molecule has 3 nitrogen and oxygen atoms in total. The van der Waals surface area contributed by atoms with Crippen LogP contribution >= 0.6 is 0 Å². The highest BCUT2D eigenvalue weighted by molar-refractivity contribution is 5.57. The molecular formula is C18H19NO2. The number of terminal acetylenes is 1. The zero-order valence-electron chi connectivity index (χ0n) is 12.1. The highest BCUT2D eigenvalue weighted by Gasteiger charge is 2.13. The first-order chi connectivity index (χ1) is 10.3. The molecule has 2 aromatic carbocycles. The van der Waals surface area contributed by atoms with Gasteiger partial charge < -0.3 is 14.8 Å². The SMILES string of the molecule is C#CCOC[C@@H](Nc1ccccc1OC)c1ccccc1. The predicted octanol–water partition coefficient (Wildman–Crippen LogP) is 3.50. The summed E-state index contributed by atoms with van der Waals surface area (Å²) in [6.07, 6.45) is 5.24. The first-order valence-electron chi connectivity index (χ1n) is 6.81. The Hall–Kier alpha value is -2.44. The summed E-state index contributed by atoms with van der Waals surface area (Å²) in [4.78, 5) is 0. The van der Waals surface area contributed by atoms with E-state index >= 15 is 0 Å². The van der Waals surface area contributed by atoms with Crippen molar-refractivity contribution in [2.45, 2.75) is 6.04 Å². The number of hydrogen-bond acceptors (Lipinski definition) is 3. The molecule has 0 aliphatic rings. The second kappa shape index (κ2) is 7.98. The van der Waals surface area contributed by atoms with E-state index < -0.39 is 0 Å². The van der Waals surface area contributed by atoms with E-state index in [0.29, 0.717) is 13.2 Å². The van der Waals surface area contributed by atoms with Crippen molar-refractivity contribution in [2.75, 3.05) is 25.6 Å². The molecule has 1 N–H and O–H groups in total. The second-order valence-corrected chi connectivity index (χ2v) is 4.53. The molecule has 0 saturated carbocycles. The molecule has 0 radical (unpaired) electrons. The third kappa shape index (κ3) is 4.27. The molecule has 108 valence electrons. The van der Waals surface area contributed by atoms with E-state index in [1.807, 2.05) is 42.5 Å². The topological polar surface area (TPSA) is 30.5 Å². The number of benzene rings is 2. The molecule has 0 spiro atoms. The lowest BCUT2D eigenvalue weighted by atomic mass is 10.1. The maximum Gasteiger partial charge on any atom is 0.141 e. The second-order valence-electron chi connectivity index (χ2n) is 4.53. The fraction of sp³-hybridized carbons (Fsp3) is 0.222. The molecule has 0 bridgehead atoms. The van der Waals surface area contributed by atoms with Crippen LogP contribution in [0.15, 0.2) is 54.6 Å². The Labute approximate surface area is 125 Å². The fourth-order valence-electron chi connectivity index (χ4n) is 2.09. The average Bonchev–Trinajstić information content (AvgIpc) is 2.55. The van der Waals surface area contributed by atoms with Crippen molar-refractivity contribution >= 4 is 5.69 Å². The number of nitrogens with one attached hydrogen (secondary N) is 1. The summed E-state index contributed by atoms with van der Waals surface area (Å²) in [5.74, 6) is 3.29. The first-order valence-corrected chi connectivity index (χ1v) is 6.81. The van der Waals surface area contributed by atoms with Gasteiger partial charge in [0.05, 0.1) is 25.4 Å². The standard InChI is InChI=1S/C18H19NO2/c1-3-13-21-14-17(15-9-5-4-6-10-15)19-16-11-7-8-12-18(16)20-2/h1,4-12,17,19H,13-14H2,2H3/t17-/m1/s1. The minimum atomic E-state index is 0.0100. The summed E-state index contributed by atoms with van der Waals surface area (Å²) in [5.41, 5.74) is 2.07. The van der Waals surface area contributed by atoms with Crippen LogP contribution in [0.4, 0.5) is 5.69 Å². The zero-order chi connectivity index (χ0) is 14.9. The largest absolute Gasteiger partial charge is 0.495 e. The monoisotopic (exact) mass is 281 g/mol. The van der Waals surface area contributed by atoms with Crippen molar-refractivity contribution in [1.82, 2.24) is 0 Å². The molecule has 0 saturated heterocycles. The summed E-state index contributed by atoms with van der Waals surface area (Å²) in [6, 6.07) is 18.0. The fourth-order valence-corrected chi connectivity index (χ4v) is 2.09. The van der Waals surface area contributed by atoms with Gasteiger partial charge >= 0.3 is 0 Å². The minimum absolute atomic E-state index is 0.0100. The van der Waals surface area contributed by atoms with Crippen LogP contribution in [0.25, 0.3) is 0 Å². The first kappa shape index (κ1) is 15.0. The summed E-state index contributed by atoms with van der Waals surface area (Å²) < 4.78 is 10.9. The number of methoxy groups -OCH3 is 1. The van der Waals surface area contributed by atoms with Crippen molar-refractivity contribution in [1.29, 1.82) is 0 Å². The number of rotatable bonds is 7. The molecule has 0 amide bonds. The molecule has 0 heterocycles. The van der Waals surface area contributed by atoms with Crippen molar-refractivity contribution in [3.63, 3.8) is 0 Å². The van der Waals surface area contributed by atoms with Gasteiger partial charge in [0.1, 0.15) is 12.4 Å². The van der Waals surface area contributed by atoms with Gasteiger partial charge in [0.15, 0.2) is 0 Å². The Balaban J connectivity index is 2.17. The Morgan fingerprint density at radius 1 is 1.10 bits per heavy atom. The molecule has 0 aliphatic carbocycles. The quantitative estimate of drug-likeness (QED) is 0.622. The summed E-state index contributed by atoms with van der Waals surface area (Å²) in [5, 5.41) is 3.46. The molecular weight excluding hydrogens is 262 g/mol. The lowest BCUT2D eigenvalue weighted by Crippen LogP contribution is -2.17. The molecule has 3 heteroatoms. The Kier molecular flexibility index (Phi) is 5.69. The van der Waals surface area contributed by atoms with E-state index in [-0.39, 0.29) is 6.04 Å². The number of anilines is 1. The molecule has 0 aromatic heterocycles. The van der Waals surface area contributed by atoms with Crippen LogP contribution in [0.5, 0.6) is 5.75 Å². The van der Waals surface area contributed by atoms with E-state index in [1.165, 1.54) is 0 Å². The molecule has 0 fully saturated rings. The van der Waals surface area contributed by atoms with Gasteiger partial charge in [-0.2, -0.15) is 0 Å². The van der Waals surface area contributed by atoms with Gasteiger partial charge in [-0.15, -0.1) is 6.42 Å². The third-order valence-corrected chi connectivity index (χ3v) is 3.11. The number of hydrogen-bond donors (Lipinski definition) is 1. The summed E-state index contributed by atoms with van der Waals surface area (Å²) in [6.45, 7) is 0.795. The molecule has 21 heavy (non-hydrogen) atoms. The summed E-state index contributed by atoms with van der Waals surface area (Å²) in [7, 11) is 1.66. The van der Waals surface area contributed by atoms with Gasteiger partial charge in [0.2, 0.25) is 0 Å². The maximum absolute atomic E-state index is 5.51. The van der Waals surface area contributed by atoms with Gasteiger partial charge in [-0.3, -0.25) is 0 Å². The van der Waals surface area contributed by atoms with Gasteiger partial charge in [-0.25, -0.2) is 0 Å². The van der Waals surface area contributed by atoms with Crippen LogP contribution < -0.4 is 10.1 Å². The number of para-hydroxylation sites is 2. The highest BCUT2D eigenvalue weighted by Crippen LogP contribution is 2.28. The van der Waals surface area contributed by atoms with E-state index in [2.05, 4.69) is 23.4 Å². The molecule has 0 aliphatic heterocycles. The van der Waals surface area contributed by atoms with Crippen LogP contribution in [0.3, 0.4) is 0 Å². The lowest BCUT2D eigenvalue weighted by Gasteiger charge is -2.21. The lowest BCUT2D eigenvalue weighted by molar-refractivity contribution is 0.156. The van der Waals surface area contributed by atoms with E-state index in [0.717, 1.165) is 17.0 Å². The van der Waals surface area contributed by atoms with Crippen LogP contribution in [0.1, 0.15) is 11.6 Å². The van der Waals surface area contributed by atoms with Crippen molar-refractivity contribution < 1.29 is 9.47 Å². The van der Waals surface area contributed by atoms with Crippen LogP contribution in [0, 0.1) is 12.3 Å². The normalized spacial score (nSPS) is 11.4. The van der Waals surface area contributed by atoms with Crippen molar-refractivity contribution in [2.24, 2.45) is 0 Å². The molecule has 2 aromatic rings. The van der Waals surface area contributed by atoms with E-state index in [9.17, 15) is 0 Å². The third-order valence-electron chi connectivity index (χ3n) is 3.11. The van der Waals surface area contributed by atoms with Crippen LogP contribution in [0.2, 0.25) is 0 Å². The van der Waals surface area contributed by atoms with Crippen molar-refractivity contribution in [3.8, 4) is 18.1 Å². The van der Waals surface area contributed by atoms with Gasteiger partial charge in [0.25, 0.3) is 0 Å². The highest BCUT2D eigenvalue weighted by atomic mass is 16.5. The van der Waals surface area contributed by atoms with Gasteiger partial charge in [-0.1, -0.05) is 48.4 Å². The Morgan fingerprint density at radius 2 is 1.81 bits per heavy atom. The predicted molar refractivity (Wildman–Crippen MR) is 85.5 cm³/mol.